The zero-order valence-electron chi connectivity index (χ0n) is 10.8. The van der Waals surface area contributed by atoms with Crippen molar-refractivity contribution in [3.63, 3.8) is 0 Å². The van der Waals surface area contributed by atoms with Gasteiger partial charge in [-0.3, -0.25) is 4.79 Å². The molecule has 2 rings (SSSR count). The molecule has 0 radical (unpaired) electrons. The second-order valence-electron chi connectivity index (χ2n) is 5.14. The lowest BCUT2D eigenvalue weighted by atomic mass is 9.97. The van der Waals surface area contributed by atoms with E-state index >= 15 is 0 Å². The number of alkyl halides is 1. The zero-order valence-corrected chi connectivity index (χ0v) is 12.4. The molecule has 3 heteroatoms. The summed E-state index contributed by atoms with van der Waals surface area (Å²) >= 11 is 3.43. The van der Waals surface area contributed by atoms with Gasteiger partial charge in [0.05, 0.1) is 0 Å². The number of halogens is 1. The summed E-state index contributed by atoms with van der Waals surface area (Å²) in [7, 11) is 0. The van der Waals surface area contributed by atoms with Crippen molar-refractivity contribution in [1.82, 2.24) is 0 Å². The van der Waals surface area contributed by atoms with E-state index in [4.69, 9.17) is 0 Å². The Labute approximate surface area is 117 Å². The Morgan fingerprint density at radius 2 is 2.06 bits per heavy atom. The molecule has 1 amide bonds. The molecule has 2 unspecified atom stereocenters. The topological polar surface area (TPSA) is 29.1 Å². The van der Waals surface area contributed by atoms with E-state index in [1.807, 2.05) is 12.1 Å². The van der Waals surface area contributed by atoms with Gasteiger partial charge in [-0.05, 0) is 42.9 Å². The van der Waals surface area contributed by atoms with Crippen LogP contribution in [-0.4, -0.2) is 11.2 Å². The molecular formula is C15H20BrNO. The van der Waals surface area contributed by atoms with Crippen molar-refractivity contribution in [2.45, 2.75) is 32.6 Å². The quantitative estimate of drug-likeness (QED) is 0.837. The Morgan fingerprint density at radius 3 is 2.61 bits per heavy atom. The third kappa shape index (κ3) is 3.35. The number of benzene rings is 1. The van der Waals surface area contributed by atoms with E-state index < -0.39 is 0 Å². The second kappa shape index (κ2) is 6.37. The molecule has 1 aliphatic rings. The van der Waals surface area contributed by atoms with Gasteiger partial charge in [0.2, 0.25) is 5.91 Å². The molecule has 18 heavy (non-hydrogen) atoms. The van der Waals surface area contributed by atoms with Gasteiger partial charge in [-0.1, -0.05) is 41.4 Å². The normalized spacial score (nSPS) is 23.0. The summed E-state index contributed by atoms with van der Waals surface area (Å²) in [4.78, 5) is 12.1. The van der Waals surface area contributed by atoms with E-state index in [9.17, 15) is 4.79 Å². The average Bonchev–Trinajstić information content (AvgIpc) is 2.78. The van der Waals surface area contributed by atoms with Crippen LogP contribution in [0.4, 0.5) is 5.69 Å². The molecule has 0 aromatic heterocycles. The van der Waals surface area contributed by atoms with Crippen molar-refractivity contribution in [3.8, 4) is 0 Å². The molecule has 1 fully saturated rings. The van der Waals surface area contributed by atoms with Crippen molar-refractivity contribution in [1.29, 1.82) is 0 Å². The number of amides is 1. The Hall–Kier alpha value is -0.830. The summed E-state index contributed by atoms with van der Waals surface area (Å²) in [5.41, 5.74) is 2.21. The number of nitrogens with one attached hydrogen (secondary N) is 1. The summed E-state index contributed by atoms with van der Waals surface area (Å²) in [5, 5.41) is 4.00. The van der Waals surface area contributed by atoms with Crippen molar-refractivity contribution < 1.29 is 4.79 Å². The Balaban J connectivity index is 1.94. The van der Waals surface area contributed by atoms with Crippen LogP contribution >= 0.6 is 15.9 Å². The van der Waals surface area contributed by atoms with E-state index in [0.717, 1.165) is 23.9 Å². The Bertz CT molecular complexity index is 401. The van der Waals surface area contributed by atoms with Gasteiger partial charge >= 0.3 is 0 Å². The van der Waals surface area contributed by atoms with E-state index in [-0.39, 0.29) is 11.8 Å². The van der Waals surface area contributed by atoms with Gasteiger partial charge < -0.3 is 5.32 Å². The van der Waals surface area contributed by atoms with Crippen LogP contribution in [0.15, 0.2) is 24.3 Å². The summed E-state index contributed by atoms with van der Waals surface area (Å²) in [6, 6.07) is 8.15. The predicted octanol–water partition coefficient (Wildman–Crippen LogP) is 4.00. The number of aryl methyl sites for hydroxylation is 1. The molecule has 2 nitrogen and oxygen atoms in total. The first kappa shape index (κ1) is 13.6. The molecule has 0 bridgehead atoms. The molecule has 0 saturated heterocycles. The highest BCUT2D eigenvalue weighted by Crippen LogP contribution is 2.32. The summed E-state index contributed by atoms with van der Waals surface area (Å²) in [6.07, 6.45) is 4.42. The number of rotatable bonds is 4. The van der Waals surface area contributed by atoms with Crippen molar-refractivity contribution in [3.05, 3.63) is 29.8 Å². The van der Waals surface area contributed by atoms with Crippen LogP contribution in [0.2, 0.25) is 0 Å². The van der Waals surface area contributed by atoms with Gasteiger partial charge in [-0.2, -0.15) is 0 Å². The van der Waals surface area contributed by atoms with Gasteiger partial charge in [0.1, 0.15) is 0 Å². The molecular weight excluding hydrogens is 290 g/mol. The van der Waals surface area contributed by atoms with Gasteiger partial charge in [0.25, 0.3) is 0 Å². The van der Waals surface area contributed by atoms with Crippen LogP contribution in [0, 0.1) is 11.8 Å². The van der Waals surface area contributed by atoms with Crippen molar-refractivity contribution in [2.75, 3.05) is 10.6 Å². The average molecular weight is 310 g/mol. The molecule has 0 spiro atoms. The number of carbonyl (C=O) groups is 1. The van der Waals surface area contributed by atoms with Crippen LogP contribution < -0.4 is 5.32 Å². The summed E-state index contributed by atoms with van der Waals surface area (Å²) < 4.78 is 0. The maximum Gasteiger partial charge on any atom is 0.227 e. The maximum absolute atomic E-state index is 12.1. The molecule has 0 aliphatic heterocycles. The molecule has 98 valence electrons. The van der Waals surface area contributed by atoms with E-state index in [1.54, 1.807) is 0 Å². The minimum atomic E-state index is 0.188. The lowest BCUT2D eigenvalue weighted by molar-refractivity contribution is -0.120. The van der Waals surface area contributed by atoms with Crippen LogP contribution in [-0.2, 0) is 11.2 Å². The number of anilines is 1. The maximum atomic E-state index is 12.1. The smallest absolute Gasteiger partial charge is 0.227 e. The molecule has 1 aromatic carbocycles. The standard InChI is InChI=1S/C15H20BrNO/c1-11-3-2-4-14(11)15(18)17-13-7-5-12(6-8-13)9-10-16/h5-8,11,14H,2-4,9-10H2,1H3,(H,17,18). The van der Waals surface area contributed by atoms with Gasteiger partial charge in [-0.15, -0.1) is 0 Å². The lowest BCUT2D eigenvalue weighted by Gasteiger charge is -2.15. The number of hydrogen-bond acceptors (Lipinski definition) is 1. The van der Waals surface area contributed by atoms with Crippen molar-refractivity contribution in [2.24, 2.45) is 11.8 Å². The minimum Gasteiger partial charge on any atom is -0.326 e. The van der Waals surface area contributed by atoms with Gasteiger partial charge in [0, 0.05) is 16.9 Å². The lowest BCUT2D eigenvalue weighted by Crippen LogP contribution is -2.24. The largest absolute Gasteiger partial charge is 0.326 e. The van der Waals surface area contributed by atoms with E-state index in [1.165, 1.54) is 18.4 Å². The fourth-order valence-electron chi connectivity index (χ4n) is 2.63. The van der Waals surface area contributed by atoms with Crippen molar-refractivity contribution >= 4 is 27.5 Å². The fourth-order valence-corrected chi connectivity index (χ4v) is 3.09. The summed E-state index contributed by atoms with van der Waals surface area (Å²) in [5.74, 6) is 0.915. The van der Waals surface area contributed by atoms with Crippen LogP contribution in [0.5, 0.6) is 0 Å². The SMILES string of the molecule is CC1CCCC1C(=O)Nc1ccc(CCBr)cc1. The first-order valence-electron chi connectivity index (χ1n) is 6.66. The first-order valence-corrected chi connectivity index (χ1v) is 7.78. The molecule has 0 heterocycles. The van der Waals surface area contributed by atoms with Gasteiger partial charge in [-0.25, -0.2) is 0 Å². The first-order chi connectivity index (χ1) is 8.70. The van der Waals surface area contributed by atoms with Gasteiger partial charge in [0.15, 0.2) is 0 Å². The highest BCUT2D eigenvalue weighted by molar-refractivity contribution is 9.09. The van der Waals surface area contributed by atoms with Crippen LogP contribution in [0.1, 0.15) is 31.7 Å². The molecule has 1 aliphatic carbocycles. The number of hydrogen-bond donors (Lipinski definition) is 1. The minimum absolute atomic E-state index is 0.188. The third-order valence-corrected chi connectivity index (χ3v) is 4.20. The summed E-state index contributed by atoms with van der Waals surface area (Å²) in [6.45, 7) is 2.18. The zero-order chi connectivity index (χ0) is 13.0. The van der Waals surface area contributed by atoms with E-state index in [0.29, 0.717) is 5.92 Å². The molecule has 1 aromatic rings. The molecule has 2 atom stereocenters. The highest BCUT2D eigenvalue weighted by atomic mass is 79.9. The van der Waals surface area contributed by atoms with E-state index in [2.05, 4.69) is 40.3 Å². The Kier molecular flexibility index (Phi) is 4.81. The predicted molar refractivity (Wildman–Crippen MR) is 79.1 cm³/mol. The van der Waals surface area contributed by atoms with Crippen LogP contribution in [0.25, 0.3) is 0 Å². The monoisotopic (exact) mass is 309 g/mol. The van der Waals surface area contributed by atoms with Crippen LogP contribution in [0.3, 0.4) is 0 Å². The third-order valence-electron chi connectivity index (χ3n) is 3.80. The second-order valence-corrected chi connectivity index (χ2v) is 5.93. The molecule has 1 saturated carbocycles. The Morgan fingerprint density at radius 1 is 1.33 bits per heavy atom. The number of carbonyl (C=O) groups excluding carboxylic acids is 1. The highest BCUT2D eigenvalue weighted by Gasteiger charge is 2.29. The molecule has 1 N–H and O–H groups in total. The fraction of sp³-hybridized carbons (Fsp3) is 0.533.